The summed E-state index contributed by atoms with van der Waals surface area (Å²) in [6.07, 6.45) is 2.29. The molecule has 0 amide bonds. The van der Waals surface area contributed by atoms with E-state index in [0.29, 0.717) is 0 Å². The summed E-state index contributed by atoms with van der Waals surface area (Å²) in [5, 5.41) is 9.46. The van der Waals surface area contributed by atoms with Crippen LogP contribution in [0.25, 0.3) is 0 Å². The molecule has 6 heteroatoms. The molecule has 0 N–H and O–H groups in total. The fourth-order valence-corrected chi connectivity index (χ4v) is 3.55. The second-order valence-electron chi connectivity index (χ2n) is 6.03. The maximum Gasteiger partial charge on any atom is 0.147 e. The highest BCUT2D eigenvalue weighted by molar-refractivity contribution is 6.30. The number of hydrogen-bond acceptors (Lipinski definition) is 4. The van der Waals surface area contributed by atoms with Crippen LogP contribution in [0.5, 0.6) is 0 Å². The molecule has 5 nitrogen and oxygen atoms in total. The van der Waals surface area contributed by atoms with Crippen LogP contribution in [0.2, 0.25) is 5.02 Å². The molecule has 1 aromatic carbocycles. The summed E-state index contributed by atoms with van der Waals surface area (Å²) >= 11 is 6.09. The van der Waals surface area contributed by atoms with Gasteiger partial charge in [0.25, 0.3) is 0 Å². The largest absolute Gasteiger partial charge is 0.369 e. The van der Waals surface area contributed by atoms with E-state index in [1.807, 2.05) is 18.2 Å². The highest BCUT2D eigenvalue weighted by Gasteiger charge is 2.22. The molecule has 1 fully saturated rings. The van der Waals surface area contributed by atoms with E-state index in [0.717, 1.165) is 62.4 Å². The maximum absolute atomic E-state index is 6.09. The zero-order valence-electron chi connectivity index (χ0n) is 12.6. The van der Waals surface area contributed by atoms with Gasteiger partial charge in [-0.05, 0) is 24.6 Å². The van der Waals surface area contributed by atoms with Gasteiger partial charge in [0.1, 0.15) is 11.6 Å². The number of piperazine rings is 1. The number of halogens is 1. The summed E-state index contributed by atoms with van der Waals surface area (Å²) in [7, 11) is 0. The lowest BCUT2D eigenvalue weighted by molar-refractivity contribution is 0.240. The van der Waals surface area contributed by atoms with Gasteiger partial charge >= 0.3 is 0 Å². The SMILES string of the molecule is Clc1cccc(N2CCN(Cc3nnc4n3CCC4)CC2)c1. The van der Waals surface area contributed by atoms with Crippen LogP contribution in [0.3, 0.4) is 0 Å². The van der Waals surface area contributed by atoms with Gasteiger partial charge in [-0.2, -0.15) is 0 Å². The molecule has 0 aliphatic carbocycles. The molecular formula is C16H20ClN5. The van der Waals surface area contributed by atoms with E-state index in [1.165, 1.54) is 12.1 Å². The molecule has 1 aromatic heterocycles. The molecule has 2 aliphatic heterocycles. The van der Waals surface area contributed by atoms with E-state index in [9.17, 15) is 0 Å². The Kier molecular flexibility index (Phi) is 3.76. The minimum atomic E-state index is 0.805. The predicted molar refractivity (Wildman–Crippen MR) is 87.3 cm³/mol. The van der Waals surface area contributed by atoms with E-state index in [-0.39, 0.29) is 0 Å². The number of aromatic nitrogens is 3. The number of fused-ring (bicyclic) bond motifs is 1. The summed E-state index contributed by atoms with van der Waals surface area (Å²) in [5.41, 5.74) is 1.22. The first-order valence-electron chi connectivity index (χ1n) is 7.93. The van der Waals surface area contributed by atoms with Gasteiger partial charge in [0.2, 0.25) is 0 Å². The molecule has 22 heavy (non-hydrogen) atoms. The zero-order valence-corrected chi connectivity index (χ0v) is 13.3. The monoisotopic (exact) mass is 317 g/mol. The van der Waals surface area contributed by atoms with Crippen molar-refractivity contribution in [2.45, 2.75) is 25.9 Å². The minimum absolute atomic E-state index is 0.805. The van der Waals surface area contributed by atoms with Gasteiger partial charge in [0, 0.05) is 49.9 Å². The molecule has 0 unspecified atom stereocenters. The molecule has 0 bridgehead atoms. The Bertz CT molecular complexity index is 660. The normalized spacial score (nSPS) is 18.7. The van der Waals surface area contributed by atoms with Crippen LogP contribution >= 0.6 is 11.6 Å². The average Bonchev–Trinajstić information content (AvgIpc) is 3.13. The minimum Gasteiger partial charge on any atom is -0.369 e. The lowest BCUT2D eigenvalue weighted by Crippen LogP contribution is -2.46. The van der Waals surface area contributed by atoms with E-state index < -0.39 is 0 Å². The Morgan fingerprint density at radius 3 is 2.73 bits per heavy atom. The van der Waals surface area contributed by atoms with Crippen LogP contribution in [-0.4, -0.2) is 45.8 Å². The first kappa shape index (κ1) is 14.0. The van der Waals surface area contributed by atoms with Crippen molar-refractivity contribution in [1.82, 2.24) is 19.7 Å². The molecule has 0 spiro atoms. The van der Waals surface area contributed by atoms with Crippen molar-refractivity contribution in [3.05, 3.63) is 40.9 Å². The van der Waals surface area contributed by atoms with Gasteiger partial charge in [-0.1, -0.05) is 17.7 Å². The van der Waals surface area contributed by atoms with Crippen molar-refractivity contribution in [2.24, 2.45) is 0 Å². The van der Waals surface area contributed by atoms with Crippen LogP contribution in [-0.2, 0) is 19.5 Å². The zero-order chi connectivity index (χ0) is 14.9. The first-order chi connectivity index (χ1) is 10.8. The van der Waals surface area contributed by atoms with Crippen molar-refractivity contribution >= 4 is 17.3 Å². The lowest BCUT2D eigenvalue weighted by atomic mass is 10.2. The molecule has 2 aromatic rings. The predicted octanol–water partition coefficient (Wildman–Crippen LogP) is 2.20. The van der Waals surface area contributed by atoms with Gasteiger partial charge in [-0.15, -0.1) is 10.2 Å². The Hall–Kier alpha value is -1.59. The van der Waals surface area contributed by atoms with Crippen LogP contribution in [0.4, 0.5) is 5.69 Å². The number of anilines is 1. The summed E-state index contributed by atoms with van der Waals surface area (Å²) in [6.45, 7) is 6.16. The summed E-state index contributed by atoms with van der Waals surface area (Å²) in [5.74, 6) is 2.29. The van der Waals surface area contributed by atoms with Crippen molar-refractivity contribution < 1.29 is 0 Å². The molecule has 0 saturated carbocycles. The Balaban J connectivity index is 1.37. The molecule has 2 aliphatic rings. The molecule has 116 valence electrons. The summed E-state index contributed by atoms with van der Waals surface area (Å²) in [4.78, 5) is 4.87. The third-order valence-electron chi connectivity index (χ3n) is 4.60. The molecule has 1 saturated heterocycles. The second kappa shape index (κ2) is 5.89. The quantitative estimate of drug-likeness (QED) is 0.870. The van der Waals surface area contributed by atoms with Gasteiger partial charge in [0.15, 0.2) is 0 Å². The van der Waals surface area contributed by atoms with E-state index in [4.69, 9.17) is 11.6 Å². The topological polar surface area (TPSA) is 37.2 Å². The molecule has 0 radical (unpaired) electrons. The number of aryl methyl sites for hydroxylation is 1. The van der Waals surface area contributed by atoms with Crippen LogP contribution in [0.15, 0.2) is 24.3 Å². The van der Waals surface area contributed by atoms with Crippen LogP contribution < -0.4 is 4.90 Å². The number of rotatable bonds is 3. The fourth-order valence-electron chi connectivity index (χ4n) is 3.36. The number of benzene rings is 1. The molecule has 4 rings (SSSR count). The van der Waals surface area contributed by atoms with Gasteiger partial charge in [0.05, 0.1) is 6.54 Å². The Morgan fingerprint density at radius 1 is 1.05 bits per heavy atom. The van der Waals surface area contributed by atoms with E-state index in [1.54, 1.807) is 0 Å². The third-order valence-corrected chi connectivity index (χ3v) is 4.83. The summed E-state index contributed by atoms with van der Waals surface area (Å²) < 4.78 is 2.29. The molecule has 0 atom stereocenters. The van der Waals surface area contributed by atoms with Crippen molar-refractivity contribution in [2.75, 3.05) is 31.1 Å². The van der Waals surface area contributed by atoms with E-state index in [2.05, 4.69) is 30.6 Å². The maximum atomic E-state index is 6.09. The fraction of sp³-hybridized carbons (Fsp3) is 0.500. The standard InChI is InChI=1S/C16H20ClN5/c17-13-3-1-4-14(11-13)21-9-7-20(8-10-21)12-16-19-18-15-5-2-6-22(15)16/h1,3-4,11H,2,5-10,12H2. The van der Waals surface area contributed by atoms with Crippen LogP contribution in [0, 0.1) is 0 Å². The lowest BCUT2D eigenvalue weighted by Gasteiger charge is -2.35. The number of nitrogens with zero attached hydrogens (tertiary/aromatic N) is 5. The van der Waals surface area contributed by atoms with Gasteiger partial charge in [-0.3, -0.25) is 4.90 Å². The number of hydrogen-bond donors (Lipinski definition) is 0. The van der Waals surface area contributed by atoms with Crippen molar-refractivity contribution in [1.29, 1.82) is 0 Å². The van der Waals surface area contributed by atoms with Gasteiger partial charge in [-0.25, -0.2) is 0 Å². The molecule has 3 heterocycles. The highest BCUT2D eigenvalue weighted by atomic mass is 35.5. The second-order valence-corrected chi connectivity index (χ2v) is 6.47. The van der Waals surface area contributed by atoms with Crippen molar-refractivity contribution in [3.63, 3.8) is 0 Å². The third kappa shape index (κ3) is 2.71. The summed E-state index contributed by atoms with van der Waals surface area (Å²) in [6, 6.07) is 8.12. The molecular weight excluding hydrogens is 298 g/mol. The van der Waals surface area contributed by atoms with Gasteiger partial charge < -0.3 is 9.47 Å². The van der Waals surface area contributed by atoms with Crippen molar-refractivity contribution in [3.8, 4) is 0 Å². The van der Waals surface area contributed by atoms with E-state index >= 15 is 0 Å². The Labute approximate surface area is 135 Å². The Morgan fingerprint density at radius 2 is 1.91 bits per heavy atom. The van der Waals surface area contributed by atoms with Crippen LogP contribution in [0.1, 0.15) is 18.1 Å². The average molecular weight is 318 g/mol. The highest BCUT2D eigenvalue weighted by Crippen LogP contribution is 2.21. The first-order valence-corrected chi connectivity index (χ1v) is 8.31. The smallest absolute Gasteiger partial charge is 0.147 e.